The highest BCUT2D eigenvalue weighted by Crippen LogP contribution is 2.18. The molecule has 118 valence electrons. The summed E-state index contributed by atoms with van der Waals surface area (Å²) in [5.41, 5.74) is 2.12. The van der Waals surface area contributed by atoms with Crippen molar-refractivity contribution in [3.05, 3.63) is 71.1 Å². The van der Waals surface area contributed by atoms with Crippen LogP contribution in [-0.4, -0.2) is 12.6 Å². The topological polar surface area (TPSA) is 56.5 Å². The molecule has 0 saturated carbocycles. The molecule has 0 fully saturated rings. The van der Waals surface area contributed by atoms with Crippen LogP contribution in [0.2, 0.25) is 0 Å². The molecule has 4 nitrogen and oxygen atoms in total. The SMILES string of the molecule is CCOC(C)=O.O=c1c(-c2ccccc2)coc2ccccc12. The van der Waals surface area contributed by atoms with Crippen molar-refractivity contribution in [3.8, 4) is 11.1 Å². The Bertz CT molecular complexity index is 835. The molecule has 2 aromatic carbocycles. The monoisotopic (exact) mass is 310 g/mol. The molecule has 0 N–H and O–H groups in total. The Morgan fingerprint density at radius 3 is 2.30 bits per heavy atom. The number of benzene rings is 2. The van der Waals surface area contributed by atoms with E-state index in [0.717, 1.165) is 5.56 Å². The van der Waals surface area contributed by atoms with E-state index in [1.807, 2.05) is 42.5 Å². The minimum Gasteiger partial charge on any atom is -0.466 e. The average molecular weight is 310 g/mol. The molecule has 4 heteroatoms. The van der Waals surface area contributed by atoms with Crippen LogP contribution in [0.4, 0.5) is 0 Å². The molecule has 0 aliphatic heterocycles. The highest BCUT2D eigenvalue weighted by atomic mass is 16.5. The van der Waals surface area contributed by atoms with Crippen molar-refractivity contribution < 1.29 is 13.9 Å². The largest absolute Gasteiger partial charge is 0.466 e. The van der Waals surface area contributed by atoms with Gasteiger partial charge < -0.3 is 9.15 Å². The predicted molar refractivity (Wildman–Crippen MR) is 90.2 cm³/mol. The van der Waals surface area contributed by atoms with Gasteiger partial charge in [-0.25, -0.2) is 0 Å². The zero-order valence-electron chi connectivity index (χ0n) is 13.1. The van der Waals surface area contributed by atoms with Crippen LogP contribution < -0.4 is 5.43 Å². The number of rotatable bonds is 2. The number of esters is 1. The molecule has 1 heterocycles. The highest BCUT2D eigenvalue weighted by Gasteiger charge is 2.07. The number of ether oxygens (including phenoxy) is 1. The van der Waals surface area contributed by atoms with E-state index in [9.17, 15) is 9.59 Å². The van der Waals surface area contributed by atoms with Gasteiger partial charge in [-0.05, 0) is 24.6 Å². The van der Waals surface area contributed by atoms with E-state index in [1.54, 1.807) is 19.1 Å². The standard InChI is InChI=1S/C15H10O2.C4H8O2/c16-15-12-8-4-5-9-14(12)17-10-13(15)11-6-2-1-3-7-11;1-3-6-4(2)5/h1-10H;3H2,1-2H3. The second-order valence-corrected chi connectivity index (χ2v) is 4.77. The third kappa shape index (κ3) is 4.30. The van der Waals surface area contributed by atoms with Crippen molar-refractivity contribution in [2.75, 3.05) is 6.61 Å². The Morgan fingerprint density at radius 1 is 1.04 bits per heavy atom. The summed E-state index contributed by atoms with van der Waals surface area (Å²) in [6.07, 6.45) is 1.53. The number of fused-ring (bicyclic) bond motifs is 1. The molecule has 0 spiro atoms. The molecule has 23 heavy (non-hydrogen) atoms. The van der Waals surface area contributed by atoms with Crippen LogP contribution in [0.3, 0.4) is 0 Å². The molecule has 0 aliphatic rings. The first-order valence-corrected chi connectivity index (χ1v) is 7.32. The molecular formula is C19H18O4. The van der Waals surface area contributed by atoms with Gasteiger partial charge in [0.05, 0.1) is 17.6 Å². The molecule has 0 aliphatic carbocycles. The van der Waals surface area contributed by atoms with Gasteiger partial charge in [0, 0.05) is 6.92 Å². The Morgan fingerprint density at radius 2 is 1.70 bits per heavy atom. The number of hydrogen-bond acceptors (Lipinski definition) is 4. The van der Waals surface area contributed by atoms with E-state index in [1.165, 1.54) is 13.2 Å². The minimum atomic E-state index is -0.211. The van der Waals surface area contributed by atoms with Crippen LogP contribution in [0.1, 0.15) is 13.8 Å². The minimum absolute atomic E-state index is 0.0121. The Hall–Kier alpha value is -2.88. The first kappa shape index (κ1) is 16.5. The molecule has 3 rings (SSSR count). The summed E-state index contributed by atoms with van der Waals surface area (Å²) < 4.78 is 9.88. The van der Waals surface area contributed by atoms with Crippen molar-refractivity contribution in [3.63, 3.8) is 0 Å². The van der Waals surface area contributed by atoms with E-state index >= 15 is 0 Å². The van der Waals surface area contributed by atoms with Gasteiger partial charge in [-0.15, -0.1) is 0 Å². The quantitative estimate of drug-likeness (QED) is 0.671. The lowest BCUT2D eigenvalue weighted by Crippen LogP contribution is -2.04. The van der Waals surface area contributed by atoms with Crippen molar-refractivity contribution in [1.82, 2.24) is 0 Å². The van der Waals surface area contributed by atoms with Gasteiger partial charge >= 0.3 is 5.97 Å². The zero-order chi connectivity index (χ0) is 16.7. The molecule has 0 bridgehead atoms. The van der Waals surface area contributed by atoms with Crippen molar-refractivity contribution >= 4 is 16.9 Å². The number of hydrogen-bond donors (Lipinski definition) is 0. The Balaban J connectivity index is 0.000000277. The van der Waals surface area contributed by atoms with Gasteiger partial charge in [0.1, 0.15) is 11.8 Å². The predicted octanol–water partition coefficient (Wildman–Crippen LogP) is 4.03. The zero-order valence-corrected chi connectivity index (χ0v) is 13.1. The van der Waals surface area contributed by atoms with Crippen LogP contribution in [0, 0.1) is 0 Å². The summed E-state index contributed by atoms with van der Waals surface area (Å²) in [6.45, 7) is 3.65. The third-order valence-corrected chi connectivity index (χ3v) is 3.11. The molecule has 0 saturated heterocycles. The lowest BCUT2D eigenvalue weighted by molar-refractivity contribution is -0.140. The first-order chi connectivity index (χ1) is 11.1. The average Bonchev–Trinajstić information content (AvgIpc) is 2.57. The van der Waals surface area contributed by atoms with Gasteiger partial charge in [0.2, 0.25) is 0 Å². The second kappa shape index (κ2) is 7.94. The van der Waals surface area contributed by atoms with Gasteiger partial charge in [0.25, 0.3) is 0 Å². The number of carbonyl (C=O) groups is 1. The molecule has 3 aromatic rings. The Labute approximate surface area is 134 Å². The molecule has 0 atom stereocenters. The summed E-state index contributed by atoms with van der Waals surface area (Å²) in [7, 11) is 0. The normalized spacial score (nSPS) is 9.83. The van der Waals surface area contributed by atoms with Crippen LogP contribution >= 0.6 is 0 Å². The van der Waals surface area contributed by atoms with E-state index in [4.69, 9.17) is 4.42 Å². The maximum atomic E-state index is 12.3. The summed E-state index contributed by atoms with van der Waals surface area (Å²) >= 11 is 0. The fourth-order valence-corrected chi connectivity index (χ4v) is 2.10. The van der Waals surface area contributed by atoms with Crippen LogP contribution in [-0.2, 0) is 9.53 Å². The van der Waals surface area contributed by atoms with Crippen LogP contribution in [0.5, 0.6) is 0 Å². The smallest absolute Gasteiger partial charge is 0.302 e. The third-order valence-electron chi connectivity index (χ3n) is 3.11. The summed E-state index contributed by atoms with van der Waals surface area (Å²) in [5.74, 6) is -0.211. The maximum absolute atomic E-state index is 12.3. The molecule has 0 unspecified atom stereocenters. The summed E-state index contributed by atoms with van der Waals surface area (Å²) in [4.78, 5) is 22.1. The molecule has 0 radical (unpaired) electrons. The molecule has 1 aromatic heterocycles. The van der Waals surface area contributed by atoms with Crippen LogP contribution in [0.25, 0.3) is 22.1 Å². The van der Waals surface area contributed by atoms with E-state index in [0.29, 0.717) is 23.1 Å². The number of carbonyl (C=O) groups excluding carboxylic acids is 1. The number of para-hydroxylation sites is 1. The first-order valence-electron chi connectivity index (χ1n) is 7.32. The second-order valence-electron chi connectivity index (χ2n) is 4.77. The van der Waals surface area contributed by atoms with E-state index in [-0.39, 0.29) is 11.4 Å². The van der Waals surface area contributed by atoms with Gasteiger partial charge in [-0.3, -0.25) is 9.59 Å². The molecular weight excluding hydrogens is 292 g/mol. The summed E-state index contributed by atoms with van der Waals surface area (Å²) in [5, 5.41) is 0.619. The lowest BCUT2D eigenvalue weighted by Gasteiger charge is -2.01. The van der Waals surface area contributed by atoms with Crippen molar-refractivity contribution in [2.45, 2.75) is 13.8 Å². The maximum Gasteiger partial charge on any atom is 0.302 e. The van der Waals surface area contributed by atoms with Gasteiger partial charge in [-0.2, -0.15) is 0 Å². The van der Waals surface area contributed by atoms with E-state index in [2.05, 4.69) is 4.74 Å². The highest BCUT2D eigenvalue weighted by molar-refractivity contribution is 5.81. The van der Waals surface area contributed by atoms with E-state index < -0.39 is 0 Å². The van der Waals surface area contributed by atoms with Gasteiger partial charge in [-0.1, -0.05) is 42.5 Å². The fraction of sp³-hybridized carbons (Fsp3) is 0.158. The van der Waals surface area contributed by atoms with Crippen molar-refractivity contribution in [1.29, 1.82) is 0 Å². The van der Waals surface area contributed by atoms with Crippen LogP contribution in [0.15, 0.2) is 70.1 Å². The lowest BCUT2D eigenvalue weighted by atomic mass is 10.1. The molecule has 0 amide bonds. The van der Waals surface area contributed by atoms with Crippen molar-refractivity contribution in [2.24, 2.45) is 0 Å². The fourth-order valence-electron chi connectivity index (χ4n) is 2.10. The Kier molecular flexibility index (Phi) is 5.69. The summed E-state index contributed by atoms with van der Waals surface area (Å²) in [6, 6.07) is 16.8. The van der Waals surface area contributed by atoms with Gasteiger partial charge in [0.15, 0.2) is 5.43 Å².